The van der Waals surface area contributed by atoms with Gasteiger partial charge in [-0.3, -0.25) is 9.59 Å². The minimum absolute atomic E-state index is 0.109. The Bertz CT molecular complexity index is 957. The van der Waals surface area contributed by atoms with Crippen LogP contribution in [0.3, 0.4) is 0 Å². The molecule has 1 fully saturated rings. The summed E-state index contributed by atoms with van der Waals surface area (Å²) in [7, 11) is 0. The largest absolute Gasteiger partial charge is 0.481 e. The molecule has 164 valence electrons. The summed E-state index contributed by atoms with van der Waals surface area (Å²) in [5.41, 5.74) is 1.77. The fourth-order valence-corrected chi connectivity index (χ4v) is 3.63. The number of amides is 1. The molecular formula is C24H26ClNO5. The highest BCUT2D eigenvalue weighted by Gasteiger charge is 2.42. The van der Waals surface area contributed by atoms with Crippen LogP contribution in [0, 0.1) is 11.8 Å². The predicted molar refractivity (Wildman–Crippen MR) is 118 cm³/mol. The number of Topliss-reactive ketones (excluding diaryl/α,β-unsaturated/α-hetero) is 1. The highest BCUT2D eigenvalue weighted by Crippen LogP contribution is 2.30. The van der Waals surface area contributed by atoms with E-state index in [0.29, 0.717) is 10.6 Å². The van der Waals surface area contributed by atoms with E-state index < -0.39 is 23.6 Å². The van der Waals surface area contributed by atoms with E-state index in [9.17, 15) is 19.5 Å². The molecule has 3 rings (SSSR count). The molecule has 0 aliphatic carbocycles. The number of hydrogen-bond acceptors (Lipinski definition) is 4. The fraction of sp³-hybridized carbons (Fsp3) is 0.375. The normalized spacial score (nSPS) is 15.2. The molecule has 0 bridgehead atoms. The number of carboxylic acid groups (broad SMARTS) is 1. The van der Waals surface area contributed by atoms with Gasteiger partial charge in [0.25, 0.3) is 0 Å². The highest BCUT2D eigenvalue weighted by molar-refractivity contribution is 6.30. The number of rotatable bonds is 6. The number of carbonyl (C=O) groups excluding carboxylic acids is 2. The average molecular weight is 444 g/mol. The van der Waals surface area contributed by atoms with Crippen molar-refractivity contribution in [3.05, 3.63) is 59.1 Å². The summed E-state index contributed by atoms with van der Waals surface area (Å²) in [6, 6.07) is 14.5. The van der Waals surface area contributed by atoms with Gasteiger partial charge in [-0.2, -0.15) is 0 Å². The van der Waals surface area contributed by atoms with Gasteiger partial charge in [0, 0.05) is 36.0 Å². The first kappa shape index (κ1) is 22.8. The van der Waals surface area contributed by atoms with E-state index in [-0.39, 0.29) is 31.2 Å². The number of ether oxygens (including phenoxy) is 1. The lowest BCUT2D eigenvalue weighted by molar-refractivity contribution is -0.146. The number of carboxylic acids is 1. The molecule has 0 spiro atoms. The maximum atomic E-state index is 12.7. The van der Waals surface area contributed by atoms with Crippen LogP contribution in [-0.4, -0.2) is 46.5 Å². The second-order valence-corrected chi connectivity index (χ2v) is 9.24. The number of ketones is 1. The molecule has 2 aromatic rings. The smallest absolute Gasteiger partial charge is 0.410 e. The lowest BCUT2D eigenvalue weighted by atomic mass is 9.81. The first-order chi connectivity index (χ1) is 14.5. The van der Waals surface area contributed by atoms with E-state index in [1.165, 1.54) is 4.90 Å². The number of likely N-dealkylation sites (tertiary alicyclic amines) is 1. The number of halogens is 1. The summed E-state index contributed by atoms with van der Waals surface area (Å²) in [5, 5.41) is 10.3. The zero-order valence-corrected chi connectivity index (χ0v) is 18.6. The van der Waals surface area contributed by atoms with Gasteiger partial charge in [0.2, 0.25) is 0 Å². The summed E-state index contributed by atoms with van der Waals surface area (Å²) in [6.07, 6.45) is -0.570. The molecule has 1 N–H and O–H groups in total. The minimum atomic E-state index is -1.03. The van der Waals surface area contributed by atoms with Gasteiger partial charge >= 0.3 is 12.1 Å². The van der Waals surface area contributed by atoms with Gasteiger partial charge in [0.05, 0.1) is 5.92 Å². The van der Waals surface area contributed by atoms with Crippen molar-refractivity contribution >= 4 is 29.4 Å². The maximum absolute atomic E-state index is 12.7. The fourth-order valence-electron chi connectivity index (χ4n) is 3.51. The molecule has 7 heteroatoms. The van der Waals surface area contributed by atoms with Crippen molar-refractivity contribution in [1.82, 2.24) is 4.90 Å². The van der Waals surface area contributed by atoms with E-state index in [4.69, 9.17) is 16.3 Å². The van der Waals surface area contributed by atoms with Crippen molar-refractivity contribution in [2.24, 2.45) is 11.8 Å². The van der Waals surface area contributed by atoms with Crippen LogP contribution >= 0.6 is 11.6 Å². The van der Waals surface area contributed by atoms with Crippen molar-refractivity contribution in [2.45, 2.75) is 32.8 Å². The van der Waals surface area contributed by atoms with E-state index in [1.54, 1.807) is 45.0 Å². The molecule has 1 unspecified atom stereocenters. The highest BCUT2D eigenvalue weighted by atomic mass is 35.5. The molecule has 0 radical (unpaired) electrons. The van der Waals surface area contributed by atoms with Crippen LogP contribution in [0.5, 0.6) is 0 Å². The van der Waals surface area contributed by atoms with Gasteiger partial charge in [-0.15, -0.1) is 0 Å². The molecule has 6 nitrogen and oxygen atoms in total. The van der Waals surface area contributed by atoms with Gasteiger partial charge in [-0.05, 0) is 44.0 Å². The van der Waals surface area contributed by atoms with Crippen LogP contribution in [0.15, 0.2) is 48.5 Å². The third-order valence-electron chi connectivity index (χ3n) is 5.24. The summed E-state index contributed by atoms with van der Waals surface area (Å²) in [4.78, 5) is 38.0. The third kappa shape index (κ3) is 5.85. The molecule has 2 aromatic carbocycles. The minimum Gasteiger partial charge on any atom is -0.481 e. The van der Waals surface area contributed by atoms with Gasteiger partial charge < -0.3 is 14.7 Å². The van der Waals surface area contributed by atoms with Gasteiger partial charge in [0.1, 0.15) is 5.60 Å². The SMILES string of the molecule is CC(C)(C)OC(=O)N1CC(C(CC(=O)c2ccc(-c3ccc(Cl)cc3)cc2)C(=O)O)C1. The van der Waals surface area contributed by atoms with E-state index in [2.05, 4.69) is 0 Å². The zero-order chi connectivity index (χ0) is 22.8. The molecular weight excluding hydrogens is 418 g/mol. The molecule has 0 saturated carbocycles. The number of nitrogens with zero attached hydrogens (tertiary/aromatic N) is 1. The molecule has 1 saturated heterocycles. The number of benzene rings is 2. The van der Waals surface area contributed by atoms with Crippen LogP contribution in [0.1, 0.15) is 37.6 Å². The summed E-state index contributed by atoms with van der Waals surface area (Å²) in [5.74, 6) is -2.38. The number of aliphatic carboxylic acids is 1. The molecule has 1 heterocycles. The Morgan fingerprint density at radius 1 is 1.03 bits per heavy atom. The lowest BCUT2D eigenvalue weighted by Gasteiger charge is -2.42. The predicted octanol–water partition coefficient (Wildman–Crippen LogP) is 5.15. The monoisotopic (exact) mass is 443 g/mol. The Labute approximate surface area is 186 Å². The van der Waals surface area contributed by atoms with Gasteiger partial charge in [-0.25, -0.2) is 4.79 Å². The molecule has 1 atom stereocenters. The summed E-state index contributed by atoms with van der Waals surface area (Å²) < 4.78 is 5.30. The Balaban J connectivity index is 1.60. The first-order valence-electron chi connectivity index (χ1n) is 10.1. The molecule has 1 aliphatic rings. The topological polar surface area (TPSA) is 83.9 Å². The van der Waals surface area contributed by atoms with E-state index in [0.717, 1.165) is 11.1 Å². The van der Waals surface area contributed by atoms with Crippen molar-refractivity contribution < 1.29 is 24.2 Å². The Hall–Kier alpha value is -2.86. The Kier molecular flexibility index (Phi) is 6.70. The van der Waals surface area contributed by atoms with Crippen molar-refractivity contribution in [3.8, 4) is 11.1 Å². The number of hydrogen-bond donors (Lipinski definition) is 1. The zero-order valence-electron chi connectivity index (χ0n) is 17.8. The number of carbonyl (C=O) groups is 3. The van der Waals surface area contributed by atoms with Crippen molar-refractivity contribution in [2.75, 3.05) is 13.1 Å². The maximum Gasteiger partial charge on any atom is 0.410 e. The second kappa shape index (κ2) is 9.10. The first-order valence-corrected chi connectivity index (χ1v) is 10.5. The Morgan fingerprint density at radius 2 is 1.55 bits per heavy atom. The third-order valence-corrected chi connectivity index (χ3v) is 5.49. The molecule has 1 amide bonds. The van der Waals surface area contributed by atoms with Gasteiger partial charge in [-0.1, -0.05) is 48.0 Å². The van der Waals surface area contributed by atoms with Crippen LogP contribution in [-0.2, 0) is 9.53 Å². The van der Waals surface area contributed by atoms with Crippen molar-refractivity contribution in [1.29, 1.82) is 0 Å². The average Bonchev–Trinajstić information content (AvgIpc) is 2.65. The van der Waals surface area contributed by atoms with Crippen molar-refractivity contribution in [3.63, 3.8) is 0 Å². The van der Waals surface area contributed by atoms with Crippen LogP contribution in [0.25, 0.3) is 11.1 Å². The molecule has 31 heavy (non-hydrogen) atoms. The van der Waals surface area contributed by atoms with E-state index >= 15 is 0 Å². The van der Waals surface area contributed by atoms with E-state index in [1.807, 2.05) is 24.3 Å². The second-order valence-electron chi connectivity index (χ2n) is 8.80. The van der Waals surface area contributed by atoms with Crippen LogP contribution in [0.2, 0.25) is 5.02 Å². The molecule has 0 aromatic heterocycles. The lowest BCUT2D eigenvalue weighted by Crippen LogP contribution is -2.55. The molecule has 1 aliphatic heterocycles. The summed E-state index contributed by atoms with van der Waals surface area (Å²) >= 11 is 5.92. The van der Waals surface area contributed by atoms with Gasteiger partial charge in [0.15, 0.2) is 5.78 Å². The quantitative estimate of drug-likeness (QED) is 0.624. The van der Waals surface area contributed by atoms with Crippen LogP contribution < -0.4 is 0 Å². The standard InChI is InChI=1S/C24H26ClNO5/c1-24(2,3)31-23(30)26-13-18(14-26)20(22(28)29)12-21(27)17-6-4-15(5-7-17)16-8-10-19(25)11-9-16/h4-11,18,20H,12-14H2,1-3H3,(H,28,29). The van der Waals surface area contributed by atoms with Crippen LogP contribution in [0.4, 0.5) is 4.79 Å². The Morgan fingerprint density at radius 3 is 2.03 bits per heavy atom. The summed E-state index contributed by atoms with van der Waals surface area (Å²) in [6.45, 7) is 5.88.